The fraction of sp³-hybridized carbons (Fsp3) is 0.214. The Hall–Kier alpha value is -4.10. The van der Waals surface area contributed by atoms with Gasteiger partial charge >= 0.3 is 5.97 Å². The van der Waals surface area contributed by atoms with Gasteiger partial charge in [0.1, 0.15) is 5.75 Å². The lowest BCUT2D eigenvalue weighted by molar-refractivity contribution is -0.110. The van der Waals surface area contributed by atoms with Gasteiger partial charge in [-0.1, -0.05) is 36.4 Å². The molecule has 2 N–H and O–H groups in total. The summed E-state index contributed by atoms with van der Waals surface area (Å²) >= 11 is 0. The summed E-state index contributed by atoms with van der Waals surface area (Å²) in [4.78, 5) is 27.2. The molecule has 0 aromatic heterocycles. The number of nitrogens with one attached hydrogen (secondary N) is 2. The molecule has 1 aliphatic heterocycles. The lowest BCUT2D eigenvalue weighted by Gasteiger charge is -2.15. The van der Waals surface area contributed by atoms with E-state index in [1.165, 1.54) is 7.11 Å². The molecule has 0 saturated carbocycles. The molecule has 0 atom stereocenters. The molecule has 0 spiro atoms. The molecular formula is C28H29N3O4. The highest BCUT2D eigenvalue weighted by molar-refractivity contribution is 6.37. The number of methoxy groups -OCH3 is 1. The number of benzene rings is 3. The zero-order valence-corrected chi connectivity index (χ0v) is 20.1. The molecule has 0 radical (unpaired) electrons. The first kappa shape index (κ1) is 24.0. The van der Waals surface area contributed by atoms with Crippen LogP contribution >= 0.6 is 0 Å². The van der Waals surface area contributed by atoms with E-state index in [0.29, 0.717) is 29.1 Å². The van der Waals surface area contributed by atoms with Crippen molar-refractivity contribution in [2.24, 2.45) is 0 Å². The summed E-state index contributed by atoms with van der Waals surface area (Å²) in [5.41, 5.74) is 4.54. The van der Waals surface area contributed by atoms with Gasteiger partial charge in [-0.3, -0.25) is 4.79 Å². The third-order valence-electron chi connectivity index (χ3n) is 5.64. The molecule has 7 nitrogen and oxygen atoms in total. The molecule has 0 unspecified atom stereocenters. The number of rotatable bonds is 9. The van der Waals surface area contributed by atoms with Crippen LogP contribution in [0.1, 0.15) is 27.9 Å². The SMILES string of the molecule is COC(=O)c1ccc2c(c1)NC(=O)/C2=C(\Nc1ccc(OCCCN(C)C)cc1)c1ccccc1. The van der Waals surface area contributed by atoms with Crippen LogP contribution in [0.15, 0.2) is 72.8 Å². The molecule has 0 bridgehead atoms. The van der Waals surface area contributed by atoms with E-state index in [0.717, 1.165) is 35.5 Å². The van der Waals surface area contributed by atoms with Crippen LogP contribution in [0.3, 0.4) is 0 Å². The van der Waals surface area contributed by atoms with Crippen LogP contribution in [0.4, 0.5) is 11.4 Å². The number of carbonyl (C=O) groups excluding carboxylic acids is 2. The average Bonchev–Trinajstić information content (AvgIpc) is 3.20. The van der Waals surface area contributed by atoms with Gasteiger partial charge in [-0.05, 0) is 62.5 Å². The summed E-state index contributed by atoms with van der Waals surface area (Å²) in [5.74, 6) is 0.0987. The quantitative estimate of drug-likeness (QED) is 0.267. The van der Waals surface area contributed by atoms with E-state index in [1.54, 1.807) is 18.2 Å². The Labute approximate surface area is 205 Å². The van der Waals surface area contributed by atoms with Crippen LogP contribution < -0.4 is 15.4 Å². The van der Waals surface area contributed by atoms with Gasteiger partial charge in [0.15, 0.2) is 0 Å². The molecule has 4 rings (SSSR count). The fourth-order valence-electron chi connectivity index (χ4n) is 3.90. The maximum absolute atomic E-state index is 13.1. The third kappa shape index (κ3) is 5.70. The summed E-state index contributed by atoms with van der Waals surface area (Å²) in [5, 5.41) is 6.31. The Bertz CT molecular complexity index is 1230. The van der Waals surface area contributed by atoms with Crippen molar-refractivity contribution in [3.63, 3.8) is 0 Å². The monoisotopic (exact) mass is 471 g/mol. The molecule has 0 saturated heterocycles. The number of fused-ring (bicyclic) bond motifs is 1. The van der Waals surface area contributed by atoms with Crippen molar-refractivity contribution in [3.05, 3.63) is 89.5 Å². The van der Waals surface area contributed by atoms with E-state index >= 15 is 0 Å². The summed E-state index contributed by atoms with van der Waals surface area (Å²) in [6, 6.07) is 22.4. The van der Waals surface area contributed by atoms with Gasteiger partial charge in [0.25, 0.3) is 5.91 Å². The smallest absolute Gasteiger partial charge is 0.337 e. The van der Waals surface area contributed by atoms with Gasteiger partial charge in [0.05, 0.1) is 36.2 Å². The van der Waals surface area contributed by atoms with Gasteiger partial charge in [-0.25, -0.2) is 4.79 Å². The predicted octanol–water partition coefficient (Wildman–Crippen LogP) is 4.74. The van der Waals surface area contributed by atoms with Crippen molar-refractivity contribution >= 4 is 34.5 Å². The zero-order chi connectivity index (χ0) is 24.8. The van der Waals surface area contributed by atoms with E-state index in [-0.39, 0.29) is 5.91 Å². The molecule has 1 heterocycles. The summed E-state index contributed by atoms with van der Waals surface area (Å²) in [6.45, 7) is 1.62. The number of amides is 1. The Morgan fingerprint density at radius 2 is 1.71 bits per heavy atom. The van der Waals surface area contributed by atoms with E-state index in [9.17, 15) is 9.59 Å². The number of ether oxygens (including phenoxy) is 2. The molecule has 0 fully saturated rings. The van der Waals surface area contributed by atoms with Crippen LogP contribution in [0.25, 0.3) is 11.3 Å². The van der Waals surface area contributed by atoms with Crippen molar-refractivity contribution in [1.82, 2.24) is 4.90 Å². The maximum atomic E-state index is 13.1. The Morgan fingerprint density at radius 3 is 2.40 bits per heavy atom. The number of hydrogen-bond donors (Lipinski definition) is 2. The second kappa shape index (κ2) is 10.9. The molecular weight excluding hydrogens is 442 g/mol. The van der Waals surface area contributed by atoms with Crippen LogP contribution in [0, 0.1) is 0 Å². The minimum atomic E-state index is -0.454. The van der Waals surface area contributed by atoms with Crippen molar-refractivity contribution in [2.75, 3.05) is 45.0 Å². The number of hydrogen-bond acceptors (Lipinski definition) is 6. The summed E-state index contributed by atoms with van der Waals surface area (Å²) < 4.78 is 10.6. The molecule has 0 aliphatic carbocycles. The Kier molecular flexibility index (Phi) is 7.48. The molecule has 180 valence electrons. The van der Waals surface area contributed by atoms with Crippen molar-refractivity contribution < 1.29 is 19.1 Å². The van der Waals surface area contributed by atoms with E-state index < -0.39 is 5.97 Å². The van der Waals surface area contributed by atoms with Crippen molar-refractivity contribution in [3.8, 4) is 5.75 Å². The van der Waals surface area contributed by atoms with Crippen LogP contribution in [0.2, 0.25) is 0 Å². The second-order valence-corrected chi connectivity index (χ2v) is 8.48. The lowest BCUT2D eigenvalue weighted by Crippen LogP contribution is -2.15. The minimum absolute atomic E-state index is 0.241. The fourth-order valence-corrected chi connectivity index (χ4v) is 3.90. The first-order valence-corrected chi connectivity index (χ1v) is 11.4. The van der Waals surface area contributed by atoms with Gasteiger partial charge in [-0.15, -0.1) is 0 Å². The van der Waals surface area contributed by atoms with Crippen molar-refractivity contribution in [2.45, 2.75) is 6.42 Å². The van der Waals surface area contributed by atoms with Gasteiger partial charge in [-0.2, -0.15) is 0 Å². The van der Waals surface area contributed by atoms with E-state index in [1.807, 2.05) is 68.7 Å². The maximum Gasteiger partial charge on any atom is 0.337 e. The molecule has 7 heteroatoms. The third-order valence-corrected chi connectivity index (χ3v) is 5.64. The molecule has 1 amide bonds. The minimum Gasteiger partial charge on any atom is -0.494 e. The van der Waals surface area contributed by atoms with Crippen LogP contribution in [0.5, 0.6) is 5.75 Å². The number of carbonyl (C=O) groups is 2. The van der Waals surface area contributed by atoms with Crippen LogP contribution in [-0.2, 0) is 9.53 Å². The first-order chi connectivity index (χ1) is 17.0. The van der Waals surface area contributed by atoms with Gasteiger partial charge in [0, 0.05) is 17.8 Å². The molecule has 3 aromatic carbocycles. The van der Waals surface area contributed by atoms with Crippen molar-refractivity contribution in [1.29, 1.82) is 0 Å². The molecule has 3 aromatic rings. The average molecular weight is 472 g/mol. The highest BCUT2D eigenvalue weighted by atomic mass is 16.5. The topological polar surface area (TPSA) is 79.9 Å². The van der Waals surface area contributed by atoms with E-state index in [4.69, 9.17) is 9.47 Å². The molecule has 1 aliphatic rings. The number of anilines is 2. The highest BCUT2D eigenvalue weighted by Crippen LogP contribution is 2.38. The first-order valence-electron chi connectivity index (χ1n) is 11.4. The normalized spacial score (nSPS) is 13.8. The predicted molar refractivity (Wildman–Crippen MR) is 138 cm³/mol. The lowest BCUT2D eigenvalue weighted by atomic mass is 9.99. The number of esters is 1. The largest absolute Gasteiger partial charge is 0.494 e. The van der Waals surface area contributed by atoms with E-state index in [2.05, 4.69) is 15.5 Å². The summed E-state index contributed by atoms with van der Waals surface area (Å²) in [6.07, 6.45) is 0.948. The second-order valence-electron chi connectivity index (χ2n) is 8.48. The Morgan fingerprint density at radius 1 is 0.971 bits per heavy atom. The standard InChI is InChI=1S/C28H29N3O4/c1-31(2)16-7-17-35-22-13-11-21(12-14-22)29-26(19-8-5-4-6-9-19)25-23-15-10-20(28(33)34-3)18-24(23)30-27(25)32/h4-6,8-15,18,29H,7,16-17H2,1-3H3,(H,30,32)/b26-25-. The molecule has 35 heavy (non-hydrogen) atoms. The van der Waals surface area contributed by atoms with Crippen LogP contribution in [-0.4, -0.2) is 51.1 Å². The Balaban J connectivity index is 1.64. The summed E-state index contributed by atoms with van der Waals surface area (Å²) in [7, 11) is 5.41. The van der Waals surface area contributed by atoms with Gasteiger partial charge < -0.3 is 25.0 Å². The highest BCUT2D eigenvalue weighted by Gasteiger charge is 2.29. The number of nitrogens with zero attached hydrogens (tertiary/aromatic N) is 1. The van der Waals surface area contributed by atoms with Gasteiger partial charge in [0.2, 0.25) is 0 Å². The zero-order valence-electron chi connectivity index (χ0n) is 20.1.